The van der Waals surface area contributed by atoms with Crippen molar-refractivity contribution in [2.75, 3.05) is 6.54 Å². The highest BCUT2D eigenvalue weighted by molar-refractivity contribution is 5.97. The van der Waals surface area contributed by atoms with Crippen LogP contribution in [0.3, 0.4) is 0 Å². The van der Waals surface area contributed by atoms with Gasteiger partial charge in [-0.25, -0.2) is 8.78 Å². The second-order valence-electron chi connectivity index (χ2n) is 4.16. The highest BCUT2D eigenvalue weighted by atomic mass is 19.1. The predicted octanol–water partition coefficient (Wildman–Crippen LogP) is 2.91. The van der Waals surface area contributed by atoms with Crippen LogP contribution in [0.15, 0.2) is 53.5 Å². The predicted molar refractivity (Wildman–Crippen MR) is 72.1 cm³/mol. The van der Waals surface area contributed by atoms with Crippen molar-refractivity contribution in [2.24, 2.45) is 10.7 Å². The fourth-order valence-corrected chi connectivity index (χ4v) is 1.76. The maximum absolute atomic E-state index is 13.0. The van der Waals surface area contributed by atoms with Gasteiger partial charge in [0.2, 0.25) is 0 Å². The Bertz CT molecular complexity index is 560. The minimum Gasteiger partial charge on any atom is -0.384 e. The molecule has 0 atom stereocenters. The van der Waals surface area contributed by atoms with E-state index in [1.807, 2.05) is 30.3 Å². The van der Waals surface area contributed by atoms with Crippen molar-refractivity contribution in [3.05, 3.63) is 71.3 Å². The topological polar surface area (TPSA) is 38.4 Å². The molecule has 0 aliphatic heterocycles. The van der Waals surface area contributed by atoms with E-state index in [1.54, 1.807) is 0 Å². The summed E-state index contributed by atoms with van der Waals surface area (Å²) in [6.07, 6.45) is 0.447. The maximum Gasteiger partial charge on any atom is 0.126 e. The molecule has 2 N–H and O–H groups in total. The number of halogens is 2. The zero-order valence-electron chi connectivity index (χ0n) is 10.3. The molecule has 4 heteroatoms. The molecule has 0 radical (unpaired) electrons. The van der Waals surface area contributed by atoms with Crippen LogP contribution in [0.5, 0.6) is 0 Å². The normalized spacial score (nSPS) is 11.6. The molecule has 2 rings (SSSR count). The molecule has 98 valence electrons. The number of hydrogen-bond acceptors (Lipinski definition) is 1. The van der Waals surface area contributed by atoms with Crippen LogP contribution in [0.1, 0.15) is 11.1 Å². The van der Waals surface area contributed by atoms with Crippen LogP contribution < -0.4 is 5.73 Å². The third-order valence-electron chi connectivity index (χ3n) is 2.67. The van der Waals surface area contributed by atoms with Gasteiger partial charge in [-0.15, -0.1) is 0 Å². The molecule has 0 saturated heterocycles. The third-order valence-corrected chi connectivity index (χ3v) is 2.67. The Morgan fingerprint density at radius 1 is 1.00 bits per heavy atom. The molecule has 0 aliphatic rings. The lowest BCUT2D eigenvalue weighted by Crippen LogP contribution is -2.14. The molecule has 2 aromatic carbocycles. The van der Waals surface area contributed by atoms with Crippen molar-refractivity contribution in [1.29, 1.82) is 0 Å². The smallest absolute Gasteiger partial charge is 0.126 e. The van der Waals surface area contributed by atoms with Crippen LogP contribution in [0, 0.1) is 11.6 Å². The van der Waals surface area contributed by atoms with E-state index >= 15 is 0 Å². The van der Waals surface area contributed by atoms with E-state index in [2.05, 4.69) is 4.99 Å². The van der Waals surface area contributed by atoms with E-state index in [0.29, 0.717) is 24.4 Å². The molecule has 0 spiro atoms. The Balaban J connectivity index is 1.99. The van der Waals surface area contributed by atoms with Crippen molar-refractivity contribution in [3.63, 3.8) is 0 Å². The molecule has 19 heavy (non-hydrogen) atoms. The minimum atomic E-state index is -0.574. The van der Waals surface area contributed by atoms with Gasteiger partial charge in [0.05, 0.1) is 0 Å². The van der Waals surface area contributed by atoms with Crippen molar-refractivity contribution in [1.82, 2.24) is 0 Å². The minimum absolute atomic E-state index is 0.392. The van der Waals surface area contributed by atoms with Gasteiger partial charge in [-0.2, -0.15) is 0 Å². The van der Waals surface area contributed by atoms with Crippen molar-refractivity contribution in [3.8, 4) is 0 Å². The molecule has 0 bridgehead atoms. The van der Waals surface area contributed by atoms with Crippen LogP contribution in [0.4, 0.5) is 8.78 Å². The van der Waals surface area contributed by atoms with Crippen molar-refractivity contribution < 1.29 is 8.78 Å². The molecular weight excluding hydrogens is 246 g/mol. The molecule has 0 fully saturated rings. The average molecular weight is 260 g/mol. The Morgan fingerprint density at radius 3 is 2.26 bits per heavy atom. The van der Waals surface area contributed by atoms with Gasteiger partial charge in [0.25, 0.3) is 0 Å². The first-order valence-electron chi connectivity index (χ1n) is 5.95. The highest BCUT2D eigenvalue weighted by Gasteiger charge is 2.01. The lowest BCUT2D eigenvalue weighted by molar-refractivity contribution is 0.579. The molecule has 0 saturated carbocycles. The quantitative estimate of drug-likeness (QED) is 0.666. The molecule has 2 aromatic rings. The second kappa shape index (κ2) is 6.09. The second-order valence-corrected chi connectivity index (χ2v) is 4.16. The summed E-state index contributed by atoms with van der Waals surface area (Å²) in [7, 11) is 0. The lowest BCUT2D eigenvalue weighted by atomic mass is 10.1. The number of nitrogens with zero attached hydrogens (tertiary/aromatic N) is 1. The third kappa shape index (κ3) is 3.88. The Kier molecular flexibility index (Phi) is 4.23. The maximum atomic E-state index is 13.0. The molecule has 0 unspecified atom stereocenters. The summed E-state index contributed by atoms with van der Waals surface area (Å²) in [6.45, 7) is 0.392. The fraction of sp³-hybridized carbons (Fsp3) is 0.133. The van der Waals surface area contributed by atoms with Crippen LogP contribution in [0.25, 0.3) is 0 Å². The van der Waals surface area contributed by atoms with E-state index in [9.17, 15) is 8.78 Å². The molecule has 2 nitrogen and oxygen atoms in total. The lowest BCUT2D eigenvalue weighted by Gasteiger charge is -2.02. The Morgan fingerprint density at radius 2 is 1.63 bits per heavy atom. The van der Waals surface area contributed by atoms with Gasteiger partial charge in [-0.3, -0.25) is 4.99 Å². The summed E-state index contributed by atoms with van der Waals surface area (Å²) >= 11 is 0. The van der Waals surface area contributed by atoms with Crippen LogP contribution in [-0.2, 0) is 6.42 Å². The summed E-state index contributed by atoms with van der Waals surface area (Å²) in [6, 6.07) is 12.8. The van der Waals surface area contributed by atoms with Crippen LogP contribution in [0.2, 0.25) is 0 Å². The SMILES string of the molecule is NC(=NCCc1cc(F)cc(F)c1)c1ccccc1. The van der Waals surface area contributed by atoms with Gasteiger partial charge in [0.1, 0.15) is 17.5 Å². The summed E-state index contributed by atoms with van der Waals surface area (Å²) < 4.78 is 26.0. The zero-order chi connectivity index (χ0) is 13.7. The van der Waals surface area contributed by atoms with Gasteiger partial charge in [0.15, 0.2) is 0 Å². The number of rotatable bonds is 4. The Hall–Kier alpha value is -2.23. The van der Waals surface area contributed by atoms with E-state index in [-0.39, 0.29) is 0 Å². The summed E-state index contributed by atoms with van der Waals surface area (Å²) in [5.41, 5.74) is 7.23. The zero-order valence-corrected chi connectivity index (χ0v) is 10.3. The highest BCUT2D eigenvalue weighted by Crippen LogP contribution is 2.08. The van der Waals surface area contributed by atoms with E-state index < -0.39 is 11.6 Å². The monoisotopic (exact) mass is 260 g/mol. The number of hydrogen-bond donors (Lipinski definition) is 1. The number of benzene rings is 2. The first-order valence-corrected chi connectivity index (χ1v) is 5.95. The molecule has 0 amide bonds. The summed E-state index contributed by atoms with van der Waals surface area (Å²) in [5, 5.41) is 0. The number of nitrogens with two attached hydrogens (primary N) is 1. The first-order chi connectivity index (χ1) is 9.15. The average Bonchev–Trinajstić information content (AvgIpc) is 2.38. The fourth-order valence-electron chi connectivity index (χ4n) is 1.76. The molecule has 0 aromatic heterocycles. The van der Waals surface area contributed by atoms with Gasteiger partial charge in [-0.1, -0.05) is 30.3 Å². The van der Waals surface area contributed by atoms with E-state index in [4.69, 9.17) is 5.73 Å². The van der Waals surface area contributed by atoms with Gasteiger partial charge in [0, 0.05) is 18.2 Å². The van der Waals surface area contributed by atoms with Crippen molar-refractivity contribution in [2.45, 2.75) is 6.42 Å². The largest absolute Gasteiger partial charge is 0.384 e. The number of aliphatic imine (C=N–C) groups is 1. The molecule has 0 aliphatic carbocycles. The molecule has 0 heterocycles. The van der Waals surface area contributed by atoms with Gasteiger partial charge >= 0.3 is 0 Å². The Labute approximate surface area is 110 Å². The summed E-state index contributed by atoms with van der Waals surface area (Å²) in [5.74, 6) is -0.720. The van der Waals surface area contributed by atoms with E-state index in [1.165, 1.54) is 12.1 Å². The van der Waals surface area contributed by atoms with E-state index in [0.717, 1.165) is 11.6 Å². The van der Waals surface area contributed by atoms with Crippen molar-refractivity contribution >= 4 is 5.84 Å². The first kappa shape index (κ1) is 13.2. The molecular formula is C15H14F2N2. The standard InChI is InChI=1S/C15H14F2N2/c16-13-8-11(9-14(17)10-13)6-7-19-15(18)12-4-2-1-3-5-12/h1-5,8-10H,6-7H2,(H2,18,19). The van der Waals surface area contributed by atoms with Crippen LogP contribution in [-0.4, -0.2) is 12.4 Å². The van der Waals surface area contributed by atoms with Gasteiger partial charge < -0.3 is 5.73 Å². The van der Waals surface area contributed by atoms with Gasteiger partial charge in [-0.05, 0) is 24.1 Å². The summed E-state index contributed by atoms with van der Waals surface area (Å²) in [4.78, 5) is 4.20. The number of amidine groups is 1. The van der Waals surface area contributed by atoms with Crippen LogP contribution >= 0.6 is 0 Å².